The summed E-state index contributed by atoms with van der Waals surface area (Å²) < 4.78 is 12.9. The van der Waals surface area contributed by atoms with E-state index in [0.29, 0.717) is 30.2 Å². The SMILES string of the molecule is Cc1cc(Cl)ccc1-c1ccc2nc(-c3ccccc3)c(CCC(=O)NCc3ccc4c(c3)OCO4)n2c1. The highest BCUT2D eigenvalue weighted by molar-refractivity contribution is 6.30. The topological polar surface area (TPSA) is 64.9 Å². The second kappa shape index (κ2) is 10.2. The zero-order valence-electron chi connectivity index (χ0n) is 20.9. The van der Waals surface area contributed by atoms with E-state index in [4.69, 9.17) is 26.1 Å². The number of pyridine rings is 1. The van der Waals surface area contributed by atoms with Crippen LogP contribution in [-0.2, 0) is 17.8 Å². The fourth-order valence-corrected chi connectivity index (χ4v) is 5.07. The van der Waals surface area contributed by atoms with Crippen LogP contribution in [-0.4, -0.2) is 22.1 Å². The Balaban J connectivity index is 1.27. The molecular formula is C31H26ClN3O3. The number of nitrogens with one attached hydrogen (secondary N) is 1. The Morgan fingerprint density at radius 3 is 2.66 bits per heavy atom. The van der Waals surface area contributed by atoms with Gasteiger partial charge in [-0.05, 0) is 72.0 Å². The summed E-state index contributed by atoms with van der Waals surface area (Å²) in [7, 11) is 0. The number of halogens is 1. The van der Waals surface area contributed by atoms with Gasteiger partial charge in [-0.1, -0.05) is 54.1 Å². The third-order valence-electron chi connectivity index (χ3n) is 6.78. The van der Waals surface area contributed by atoms with E-state index in [1.165, 1.54) is 0 Å². The van der Waals surface area contributed by atoms with Gasteiger partial charge in [0.15, 0.2) is 11.5 Å². The maximum Gasteiger partial charge on any atom is 0.231 e. The van der Waals surface area contributed by atoms with Crippen molar-refractivity contribution in [2.75, 3.05) is 6.79 Å². The summed E-state index contributed by atoms with van der Waals surface area (Å²) in [5, 5.41) is 3.75. The van der Waals surface area contributed by atoms with Crippen molar-refractivity contribution in [3.05, 3.63) is 107 Å². The molecule has 3 heterocycles. The van der Waals surface area contributed by atoms with Gasteiger partial charge in [-0.3, -0.25) is 4.79 Å². The lowest BCUT2D eigenvalue weighted by atomic mass is 10.0. The molecule has 0 atom stereocenters. The number of carbonyl (C=O) groups excluding carboxylic acids is 1. The summed E-state index contributed by atoms with van der Waals surface area (Å²) in [5.74, 6) is 1.41. The molecule has 0 saturated heterocycles. The van der Waals surface area contributed by atoms with Gasteiger partial charge in [0, 0.05) is 29.7 Å². The highest BCUT2D eigenvalue weighted by Crippen LogP contribution is 2.33. The van der Waals surface area contributed by atoms with Gasteiger partial charge in [0.05, 0.1) is 11.4 Å². The minimum absolute atomic E-state index is 0.0265. The first kappa shape index (κ1) is 24.1. The normalized spacial score (nSPS) is 12.2. The molecule has 6 rings (SSSR count). The van der Waals surface area contributed by atoms with E-state index in [1.54, 1.807) is 0 Å². The van der Waals surface area contributed by atoms with Crippen LogP contribution in [0, 0.1) is 6.92 Å². The van der Waals surface area contributed by atoms with Gasteiger partial charge < -0.3 is 19.2 Å². The molecule has 2 aromatic heterocycles. The van der Waals surface area contributed by atoms with Gasteiger partial charge in [0.2, 0.25) is 12.7 Å². The quantitative estimate of drug-likeness (QED) is 0.261. The molecule has 1 amide bonds. The summed E-state index contributed by atoms with van der Waals surface area (Å²) in [6.45, 7) is 2.71. The largest absolute Gasteiger partial charge is 0.454 e. The van der Waals surface area contributed by atoms with Crippen molar-refractivity contribution in [2.45, 2.75) is 26.3 Å². The Hall–Kier alpha value is -4.29. The third-order valence-corrected chi connectivity index (χ3v) is 7.01. The molecule has 190 valence electrons. The molecule has 1 aliphatic rings. The zero-order valence-corrected chi connectivity index (χ0v) is 21.7. The fraction of sp³-hybridized carbons (Fsp3) is 0.161. The van der Waals surface area contributed by atoms with Crippen molar-refractivity contribution >= 4 is 23.2 Å². The number of carbonyl (C=O) groups is 1. The van der Waals surface area contributed by atoms with E-state index in [2.05, 4.69) is 41.0 Å². The Kier molecular flexibility index (Phi) is 6.48. The van der Waals surface area contributed by atoms with Crippen LogP contribution in [0.5, 0.6) is 11.5 Å². The summed E-state index contributed by atoms with van der Waals surface area (Å²) >= 11 is 6.19. The lowest BCUT2D eigenvalue weighted by Crippen LogP contribution is -2.23. The summed E-state index contributed by atoms with van der Waals surface area (Å²) in [6.07, 6.45) is 2.98. The molecule has 0 saturated carbocycles. The number of amides is 1. The molecule has 0 unspecified atom stereocenters. The molecule has 6 nitrogen and oxygen atoms in total. The van der Waals surface area contributed by atoms with Crippen molar-refractivity contribution in [2.24, 2.45) is 0 Å². The molecule has 3 aromatic carbocycles. The Morgan fingerprint density at radius 2 is 1.82 bits per heavy atom. The first-order valence-corrected chi connectivity index (χ1v) is 12.9. The first-order valence-electron chi connectivity index (χ1n) is 12.5. The summed E-state index contributed by atoms with van der Waals surface area (Å²) in [5.41, 5.74) is 7.99. The Morgan fingerprint density at radius 1 is 0.974 bits per heavy atom. The van der Waals surface area contributed by atoms with Gasteiger partial charge >= 0.3 is 0 Å². The van der Waals surface area contributed by atoms with Crippen LogP contribution in [0.2, 0.25) is 5.02 Å². The number of aryl methyl sites for hydroxylation is 2. The van der Waals surface area contributed by atoms with Crippen LogP contribution in [0.4, 0.5) is 0 Å². The summed E-state index contributed by atoms with van der Waals surface area (Å²) in [4.78, 5) is 17.8. The van der Waals surface area contributed by atoms with Crippen LogP contribution >= 0.6 is 11.6 Å². The van der Waals surface area contributed by atoms with Gasteiger partial charge in [-0.25, -0.2) is 4.98 Å². The van der Waals surface area contributed by atoms with Crippen LogP contribution < -0.4 is 14.8 Å². The highest BCUT2D eigenvalue weighted by Gasteiger charge is 2.17. The molecule has 0 bridgehead atoms. The average Bonchev–Trinajstić information content (AvgIpc) is 3.55. The summed E-state index contributed by atoms with van der Waals surface area (Å²) in [6, 6.07) is 25.8. The Labute approximate surface area is 225 Å². The van der Waals surface area contributed by atoms with E-state index < -0.39 is 0 Å². The monoisotopic (exact) mass is 523 g/mol. The third kappa shape index (κ3) is 4.83. The smallest absolute Gasteiger partial charge is 0.231 e. The second-order valence-corrected chi connectivity index (χ2v) is 9.78. The zero-order chi connectivity index (χ0) is 26.1. The molecule has 0 radical (unpaired) electrons. The van der Waals surface area contributed by atoms with E-state index in [0.717, 1.165) is 50.6 Å². The van der Waals surface area contributed by atoms with Crippen LogP contribution in [0.15, 0.2) is 85.1 Å². The van der Waals surface area contributed by atoms with Crippen LogP contribution in [0.1, 0.15) is 23.2 Å². The second-order valence-electron chi connectivity index (χ2n) is 9.34. The van der Waals surface area contributed by atoms with Gasteiger partial charge in [0.25, 0.3) is 0 Å². The van der Waals surface area contributed by atoms with Gasteiger partial charge in [-0.15, -0.1) is 0 Å². The van der Waals surface area contributed by atoms with Crippen molar-refractivity contribution in [3.8, 4) is 33.9 Å². The molecule has 38 heavy (non-hydrogen) atoms. The minimum atomic E-state index is -0.0265. The van der Waals surface area contributed by atoms with E-state index in [9.17, 15) is 4.79 Å². The number of fused-ring (bicyclic) bond motifs is 2. The maximum absolute atomic E-state index is 12.9. The van der Waals surface area contributed by atoms with Crippen molar-refractivity contribution in [1.82, 2.24) is 14.7 Å². The molecule has 0 aliphatic carbocycles. The lowest BCUT2D eigenvalue weighted by Gasteiger charge is -2.10. The highest BCUT2D eigenvalue weighted by atomic mass is 35.5. The maximum atomic E-state index is 12.9. The molecule has 1 aliphatic heterocycles. The Bertz CT molecular complexity index is 1650. The number of benzene rings is 3. The molecule has 5 aromatic rings. The number of aromatic nitrogens is 2. The standard InChI is InChI=1S/C31H26ClN3O3/c1-20-15-24(32)9-10-25(20)23-8-13-29-34-31(22-5-3-2-4-6-22)26(35(29)18-23)11-14-30(36)33-17-21-7-12-27-28(16-21)38-19-37-27/h2-10,12-13,15-16,18H,11,14,17,19H2,1H3,(H,33,36). The molecule has 1 N–H and O–H groups in total. The van der Waals surface area contributed by atoms with Gasteiger partial charge in [0.1, 0.15) is 5.65 Å². The van der Waals surface area contributed by atoms with Crippen molar-refractivity contribution in [1.29, 1.82) is 0 Å². The number of ether oxygens (including phenoxy) is 2. The predicted molar refractivity (Wildman–Crippen MR) is 149 cm³/mol. The average molecular weight is 524 g/mol. The molecule has 7 heteroatoms. The number of hydrogen-bond donors (Lipinski definition) is 1. The minimum Gasteiger partial charge on any atom is -0.454 e. The van der Waals surface area contributed by atoms with Crippen LogP contribution in [0.3, 0.4) is 0 Å². The molecular weight excluding hydrogens is 498 g/mol. The number of rotatable bonds is 7. The van der Waals surface area contributed by atoms with E-state index >= 15 is 0 Å². The molecule has 0 spiro atoms. The number of nitrogens with zero attached hydrogens (tertiary/aromatic N) is 2. The number of hydrogen-bond acceptors (Lipinski definition) is 4. The fourth-order valence-electron chi connectivity index (χ4n) is 4.84. The number of imidazole rings is 1. The van der Waals surface area contributed by atoms with Crippen LogP contribution in [0.25, 0.3) is 28.0 Å². The first-order chi connectivity index (χ1) is 18.5. The van der Waals surface area contributed by atoms with Crippen molar-refractivity contribution < 1.29 is 14.3 Å². The van der Waals surface area contributed by atoms with Crippen molar-refractivity contribution in [3.63, 3.8) is 0 Å². The molecule has 0 fully saturated rings. The van der Waals surface area contributed by atoms with E-state index in [-0.39, 0.29) is 12.7 Å². The predicted octanol–water partition coefficient (Wildman–Crippen LogP) is 6.61. The lowest BCUT2D eigenvalue weighted by molar-refractivity contribution is -0.121. The van der Waals surface area contributed by atoms with E-state index in [1.807, 2.05) is 60.7 Å². The van der Waals surface area contributed by atoms with Gasteiger partial charge in [-0.2, -0.15) is 0 Å².